The molecule has 0 bridgehead atoms. The van der Waals surface area contributed by atoms with E-state index >= 15 is 0 Å². The summed E-state index contributed by atoms with van der Waals surface area (Å²) >= 11 is 0. The molecule has 4 atom stereocenters. The second kappa shape index (κ2) is 39.1. The molecule has 0 rings (SSSR count). The molecule has 0 aliphatic heterocycles. The molecule has 0 aromatic rings. The third kappa shape index (κ3) is 42.0. The number of rotatable bonds is 39. The number of aliphatic hydroxyl groups is 2. The van der Waals surface area contributed by atoms with Gasteiger partial charge in [0.05, 0.1) is 25.9 Å². The minimum Gasteiger partial charge on any atom is -0.462 e. The lowest BCUT2D eigenvalue weighted by molar-refractivity contribution is -0.161. The van der Waals surface area contributed by atoms with Crippen molar-refractivity contribution in [3.05, 3.63) is 85.1 Å². The molecule has 1 unspecified atom stereocenters. The summed E-state index contributed by atoms with van der Waals surface area (Å²) < 4.78 is 47.6. The molecule has 0 aliphatic carbocycles. The summed E-state index contributed by atoms with van der Waals surface area (Å²) in [5, 5.41) is 19.3. The van der Waals surface area contributed by atoms with E-state index < -0.39 is 66.2 Å². The number of phosphoric acid groups is 2. The van der Waals surface area contributed by atoms with E-state index in [9.17, 15) is 33.8 Å². The molecule has 0 fully saturated rings. The van der Waals surface area contributed by atoms with Crippen molar-refractivity contribution in [2.75, 3.05) is 26.4 Å². The molecule has 344 valence electrons. The van der Waals surface area contributed by atoms with Gasteiger partial charge in [-0.25, -0.2) is 9.13 Å². The smallest absolute Gasteiger partial charge is 0.462 e. The van der Waals surface area contributed by atoms with Crippen molar-refractivity contribution in [1.82, 2.24) is 0 Å². The van der Waals surface area contributed by atoms with Crippen molar-refractivity contribution >= 4 is 27.6 Å². The number of carbonyl (C=O) groups excluding carboxylic acids is 2. The number of carbonyl (C=O) groups is 2. The number of ether oxygens (including phenoxy) is 2. The Morgan fingerprint density at radius 1 is 0.517 bits per heavy atom. The number of aliphatic hydroxyl groups excluding tert-OH is 2. The van der Waals surface area contributed by atoms with E-state index in [1.165, 1.54) is 0 Å². The highest BCUT2D eigenvalue weighted by molar-refractivity contribution is 7.47. The van der Waals surface area contributed by atoms with Gasteiger partial charge in [0, 0.05) is 12.8 Å². The summed E-state index contributed by atoms with van der Waals surface area (Å²) in [6, 6.07) is 0. The summed E-state index contributed by atoms with van der Waals surface area (Å²) in [5.74, 6) is -1.14. The molecular formula is C44H74O14P2. The van der Waals surface area contributed by atoms with E-state index in [1.807, 2.05) is 19.1 Å². The first-order chi connectivity index (χ1) is 28.8. The van der Waals surface area contributed by atoms with Crippen LogP contribution in [-0.4, -0.2) is 81.6 Å². The lowest BCUT2D eigenvalue weighted by atomic mass is 10.1. The molecule has 5 N–H and O–H groups in total. The predicted molar refractivity (Wildman–Crippen MR) is 236 cm³/mol. The minimum atomic E-state index is -4.88. The van der Waals surface area contributed by atoms with Gasteiger partial charge in [0.15, 0.2) is 6.10 Å². The molecule has 14 nitrogen and oxygen atoms in total. The SMILES string of the molecule is CC/C=C\C/C=C\C/C=C\CCCCCCCC(=O)O[C@H](COC(=O)CCC/C=C\C/C=C\C/C=C\C/C=C\CC[C@@H](O)CC)COP(=O)(O)OC[C@@H](O)COP(=O)(O)O. The molecule has 16 heteroatoms. The molecule has 0 aromatic carbocycles. The topological polar surface area (TPSA) is 216 Å². The highest BCUT2D eigenvalue weighted by Gasteiger charge is 2.28. The van der Waals surface area contributed by atoms with Crippen molar-refractivity contribution in [3.8, 4) is 0 Å². The van der Waals surface area contributed by atoms with E-state index in [1.54, 1.807) is 0 Å². The van der Waals surface area contributed by atoms with Gasteiger partial charge in [0.2, 0.25) is 0 Å². The maximum atomic E-state index is 12.6. The Bertz CT molecular complexity index is 1400. The molecule has 0 aromatic heterocycles. The molecule has 0 spiro atoms. The van der Waals surface area contributed by atoms with E-state index in [0.29, 0.717) is 19.3 Å². The van der Waals surface area contributed by atoms with Crippen LogP contribution in [0.1, 0.15) is 136 Å². The van der Waals surface area contributed by atoms with Crippen molar-refractivity contribution in [3.63, 3.8) is 0 Å². The Hall–Kier alpha value is -2.74. The maximum absolute atomic E-state index is 12.6. The summed E-state index contributed by atoms with van der Waals surface area (Å²) in [6.07, 6.45) is 41.0. The van der Waals surface area contributed by atoms with Crippen LogP contribution in [0.25, 0.3) is 0 Å². The van der Waals surface area contributed by atoms with Crippen LogP contribution in [0.15, 0.2) is 85.1 Å². The van der Waals surface area contributed by atoms with Gasteiger partial charge in [-0.2, -0.15) is 0 Å². The van der Waals surface area contributed by atoms with Gasteiger partial charge in [-0.3, -0.25) is 23.2 Å². The molecule has 0 amide bonds. The quantitative estimate of drug-likeness (QED) is 0.0168. The van der Waals surface area contributed by atoms with E-state index in [2.05, 4.69) is 88.9 Å². The van der Waals surface area contributed by atoms with Crippen LogP contribution >= 0.6 is 15.6 Å². The molecular weight excluding hydrogens is 814 g/mol. The third-order valence-electron chi connectivity index (χ3n) is 8.42. The summed E-state index contributed by atoms with van der Waals surface area (Å²) in [6.45, 7) is 1.26. The van der Waals surface area contributed by atoms with Gasteiger partial charge >= 0.3 is 27.6 Å². The lowest BCUT2D eigenvalue weighted by Crippen LogP contribution is -2.30. The maximum Gasteiger partial charge on any atom is 0.472 e. The standard InChI is InChI=1S/C44H74O14P2/c1-3-5-6-7-8-9-10-11-12-17-20-23-26-29-32-35-44(48)58-42(39-57-60(52,53)56-37-41(46)36-55-59(49,50)51)38-54-43(47)34-31-28-25-22-19-16-14-13-15-18-21-24-27-30-33-40(45)4-2/h5-6,8-9,11-12,14-16,18,22,24-25,27,40-42,45-46H,3-4,7,10,13,17,19-21,23,26,28-39H2,1-2H3,(H,52,53)(H2,49,50,51)/b6-5-,9-8-,12-11-,16-14-,18-15-,25-22-,27-24-/t40-,41-,42+/m0/s1. The number of esters is 2. The van der Waals surface area contributed by atoms with Crippen molar-refractivity contribution in [2.24, 2.45) is 0 Å². The van der Waals surface area contributed by atoms with Crippen molar-refractivity contribution in [2.45, 2.75) is 154 Å². The zero-order chi connectivity index (χ0) is 44.6. The zero-order valence-corrected chi connectivity index (χ0v) is 37.7. The predicted octanol–water partition coefficient (Wildman–Crippen LogP) is 9.75. The summed E-state index contributed by atoms with van der Waals surface area (Å²) in [4.78, 5) is 52.6. The van der Waals surface area contributed by atoms with Gasteiger partial charge in [-0.1, -0.05) is 118 Å². The highest BCUT2D eigenvalue weighted by atomic mass is 31.2. The molecule has 60 heavy (non-hydrogen) atoms. The molecule has 0 saturated carbocycles. The molecule has 0 radical (unpaired) electrons. The number of unbranched alkanes of at least 4 members (excludes halogenated alkanes) is 6. The van der Waals surface area contributed by atoms with Gasteiger partial charge in [-0.05, 0) is 89.9 Å². The van der Waals surface area contributed by atoms with Gasteiger partial charge in [-0.15, -0.1) is 0 Å². The Morgan fingerprint density at radius 2 is 0.983 bits per heavy atom. The Kier molecular flexibility index (Phi) is 37.3. The molecule has 0 heterocycles. The summed E-state index contributed by atoms with van der Waals surface area (Å²) in [5.41, 5.74) is 0. The average Bonchev–Trinajstić information content (AvgIpc) is 3.21. The summed E-state index contributed by atoms with van der Waals surface area (Å²) in [7, 11) is -9.71. The molecule has 0 aliphatic rings. The first-order valence-electron chi connectivity index (χ1n) is 21.4. The average molecular weight is 889 g/mol. The third-order valence-corrected chi connectivity index (χ3v) is 9.86. The second-order valence-corrected chi connectivity index (χ2v) is 16.7. The normalized spacial score (nSPS) is 15.4. The van der Waals surface area contributed by atoms with Gasteiger partial charge in [0.25, 0.3) is 0 Å². The fourth-order valence-electron chi connectivity index (χ4n) is 5.04. The fourth-order valence-corrected chi connectivity index (χ4v) is 6.20. The zero-order valence-electron chi connectivity index (χ0n) is 35.9. The first-order valence-corrected chi connectivity index (χ1v) is 24.4. The number of hydrogen-bond acceptors (Lipinski definition) is 11. The minimum absolute atomic E-state index is 0.0886. The van der Waals surface area contributed by atoms with Crippen LogP contribution < -0.4 is 0 Å². The van der Waals surface area contributed by atoms with Crippen LogP contribution in [0.5, 0.6) is 0 Å². The monoisotopic (exact) mass is 888 g/mol. The van der Waals surface area contributed by atoms with Gasteiger partial charge < -0.3 is 34.4 Å². The highest BCUT2D eigenvalue weighted by Crippen LogP contribution is 2.43. The molecule has 0 saturated heterocycles. The number of hydrogen-bond donors (Lipinski definition) is 5. The van der Waals surface area contributed by atoms with Crippen molar-refractivity contribution in [1.29, 1.82) is 0 Å². The second-order valence-electron chi connectivity index (χ2n) is 14.0. The van der Waals surface area contributed by atoms with E-state index in [-0.39, 0.29) is 18.9 Å². The van der Waals surface area contributed by atoms with E-state index in [4.69, 9.17) is 23.8 Å². The van der Waals surface area contributed by atoms with Crippen LogP contribution in [-0.2, 0) is 41.8 Å². The van der Waals surface area contributed by atoms with Crippen LogP contribution in [0.3, 0.4) is 0 Å². The largest absolute Gasteiger partial charge is 0.472 e. The van der Waals surface area contributed by atoms with E-state index in [0.717, 1.165) is 89.9 Å². The Morgan fingerprint density at radius 3 is 1.55 bits per heavy atom. The van der Waals surface area contributed by atoms with Crippen LogP contribution in [0.4, 0.5) is 0 Å². The fraction of sp³-hybridized carbons (Fsp3) is 0.636. The number of phosphoric ester groups is 2. The first kappa shape index (κ1) is 57.3. The van der Waals surface area contributed by atoms with Crippen LogP contribution in [0, 0.1) is 0 Å². The van der Waals surface area contributed by atoms with Crippen LogP contribution in [0.2, 0.25) is 0 Å². The van der Waals surface area contributed by atoms with Crippen molar-refractivity contribution < 1.29 is 66.7 Å². The Labute approximate surface area is 359 Å². The number of allylic oxidation sites excluding steroid dienone is 14. The Balaban J connectivity index is 4.67. The lowest BCUT2D eigenvalue weighted by Gasteiger charge is -2.20. The van der Waals surface area contributed by atoms with Gasteiger partial charge in [0.1, 0.15) is 12.7 Å².